The SMILES string of the molecule is c1ccc(-c2cc(CCc3ccc(CCc4cc(-c5ccccc5)cc(-c5ccccc5)c4)cc3)cc(-c3ccccc3)c2)cc1. The summed E-state index contributed by atoms with van der Waals surface area (Å²) in [6, 6.07) is 66.3. The summed E-state index contributed by atoms with van der Waals surface area (Å²) < 4.78 is 0. The lowest BCUT2D eigenvalue weighted by Gasteiger charge is -2.12. The third-order valence-corrected chi connectivity index (χ3v) is 8.84. The molecule has 0 heteroatoms. The first-order chi connectivity index (χ1) is 22.8. The second-order valence-electron chi connectivity index (χ2n) is 12.1. The molecule has 0 unspecified atom stereocenters. The maximum atomic E-state index is 2.36. The molecule has 0 aliphatic rings. The van der Waals surface area contributed by atoms with Gasteiger partial charge in [-0.3, -0.25) is 0 Å². The van der Waals surface area contributed by atoms with E-state index in [1.807, 2.05) is 0 Å². The second-order valence-corrected chi connectivity index (χ2v) is 12.1. The van der Waals surface area contributed by atoms with E-state index in [4.69, 9.17) is 0 Å². The molecule has 0 radical (unpaired) electrons. The Balaban J connectivity index is 1.06. The molecule has 46 heavy (non-hydrogen) atoms. The smallest absolute Gasteiger partial charge is 0.0175 e. The van der Waals surface area contributed by atoms with E-state index in [-0.39, 0.29) is 0 Å². The van der Waals surface area contributed by atoms with Crippen LogP contribution >= 0.6 is 0 Å². The Bertz CT molecular complexity index is 1720. The van der Waals surface area contributed by atoms with Crippen molar-refractivity contribution in [2.24, 2.45) is 0 Å². The molecular weight excluding hydrogens is 553 g/mol. The van der Waals surface area contributed by atoms with Crippen LogP contribution in [0.5, 0.6) is 0 Å². The van der Waals surface area contributed by atoms with Gasteiger partial charge >= 0.3 is 0 Å². The summed E-state index contributed by atoms with van der Waals surface area (Å²) in [4.78, 5) is 0. The fourth-order valence-corrected chi connectivity index (χ4v) is 6.31. The number of hydrogen-bond acceptors (Lipinski definition) is 0. The quantitative estimate of drug-likeness (QED) is 0.149. The fraction of sp³-hybridized carbons (Fsp3) is 0.0870. The molecule has 0 saturated carbocycles. The third kappa shape index (κ3) is 7.25. The normalized spacial score (nSPS) is 11.0. The first kappa shape index (κ1) is 29.3. The van der Waals surface area contributed by atoms with Crippen molar-refractivity contribution in [2.45, 2.75) is 25.7 Å². The first-order valence-electron chi connectivity index (χ1n) is 16.3. The van der Waals surface area contributed by atoms with Crippen LogP contribution in [-0.4, -0.2) is 0 Å². The van der Waals surface area contributed by atoms with Crippen molar-refractivity contribution in [3.8, 4) is 44.5 Å². The molecule has 0 aromatic heterocycles. The van der Waals surface area contributed by atoms with Gasteiger partial charge in [0.15, 0.2) is 0 Å². The minimum atomic E-state index is 1.01. The van der Waals surface area contributed by atoms with Crippen LogP contribution in [0.1, 0.15) is 22.3 Å². The van der Waals surface area contributed by atoms with Gasteiger partial charge in [0.1, 0.15) is 0 Å². The van der Waals surface area contributed by atoms with Crippen molar-refractivity contribution in [1.82, 2.24) is 0 Å². The third-order valence-electron chi connectivity index (χ3n) is 8.84. The maximum Gasteiger partial charge on any atom is -0.0175 e. The zero-order chi connectivity index (χ0) is 31.0. The number of hydrogen-bond donors (Lipinski definition) is 0. The van der Waals surface area contributed by atoms with Crippen LogP contribution in [0.25, 0.3) is 44.5 Å². The molecule has 222 valence electrons. The Labute approximate surface area is 273 Å². The molecule has 7 aromatic carbocycles. The van der Waals surface area contributed by atoms with Gasteiger partial charge in [0.25, 0.3) is 0 Å². The van der Waals surface area contributed by atoms with Crippen LogP contribution in [-0.2, 0) is 25.7 Å². The second kappa shape index (κ2) is 14.1. The highest BCUT2D eigenvalue weighted by atomic mass is 14.1. The molecule has 0 nitrogen and oxygen atoms in total. The number of benzene rings is 7. The summed E-state index contributed by atoms with van der Waals surface area (Å²) in [6.07, 6.45) is 4.06. The van der Waals surface area contributed by atoms with E-state index in [9.17, 15) is 0 Å². The predicted molar refractivity (Wildman–Crippen MR) is 196 cm³/mol. The molecule has 0 fully saturated rings. The van der Waals surface area contributed by atoms with Gasteiger partial charge in [-0.05, 0) is 105 Å². The van der Waals surface area contributed by atoms with Gasteiger partial charge in [-0.1, -0.05) is 170 Å². The van der Waals surface area contributed by atoms with E-state index >= 15 is 0 Å². The summed E-state index contributed by atoms with van der Waals surface area (Å²) in [5.41, 5.74) is 15.7. The van der Waals surface area contributed by atoms with Crippen LogP contribution < -0.4 is 0 Å². The predicted octanol–water partition coefficient (Wildman–Crippen LogP) is 11.9. The number of aryl methyl sites for hydroxylation is 4. The minimum absolute atomic E-state index is 1.01. The van der Waals surface area contributed by atoms with Crippen molar-refractivity contribution in [2.75, 3.05) is 0 Å². The fourth-order valence-electron chi connectivity index (χ4n) is 6.31. The molecule has 0 amide bonds. The topological polar surface area (TPSA) is 0 Å². The molecular formula is C46H38. The zero-order valence-electron chi connectivity index (χ0n) is 26.1. The van der Waals surface area contributed by atoms with E-state index < -0.39 is 0 Å². The average molecular weight is 591 g/mol. The van der Waals surface area contributed by atoms with E-state index in [0.29, 0.717) is 0 Å². The summed E-state index contributed by atoms with van der Waals surface area (Å²) >= 11 is 0. The molecule has 7 aromatic rings. The van der Waals surface area contributed by atoms with Crippen molar-refractivity contribution < 1.29 is 0 Å². The number of rotatable bonds is 10. The lowest BCUT2D eigenvalue weighted by atomic mass is 9.93. The van der Waals surface area contributed by atoms with E-state index in [2.05, 4.69) is 182 Å². The van der Waals surface area contributed by atoms with E-state index in [0.717, 1.165) is 25.7 Å². The molecule has 0 aliphatic carbocycles. The molecule has 0 spiro atoms. The summed E-state index contributed by atoms with van der Waals surface area (Å²) in [5, 5.41) is 0. The van der Waals surface area contributed by atoms with E-state index in [1.165, 1.54) is 66.8 Å². The van der Waals surface area contributed by atoms with Gasteiger partial charge in [-0.15, -0.1) is 0 Å². The molecule has 0 saturated heterocycles. The Kier molecular flexibility index (Phi) is 8.97. The molecule has 0 aliphatic heterocycles. The van der Waals surface area contributed by atoms with Gasteiger partial charge < -0.3 is 0 Å². The first-order valence-corrected chi connectivity index (χ1v) is 16.3. The van der Waals surface area contributed by atoms with E-state index in [1.54, 1.807) is 0 Å². The molecule has 0 heterocycles. The van der Waals surface area contributed by atoms with Gasteiger partial charge in [0.2, 0.25) is 0 Å². The van der Waals surface area contributed by atoms with Crippen molar-refractivity contribution in [3.63, 3.8) is 0 Å². The zero-order valence-corrected chi connectivity index (χ0v) is 26.1. The highest BCUT2D eigenvalue weighted by Crippen LogP contribution is 2.30. The largest absolute Gasteiger partial charge is 0.0622 e. The van der Waals surface area contributed by atoms with Gasteiger partial charge in [-0.25, -0.2) is 0 Å². The molecule has 0 N–H and O–H groups in total. The summed E-state index contributed by atoms with van der Waals surface area (Å²) in [6.45, 7) is 0. The van der Waals surface area contributed by atoms with Gasteiger partial charge in [0.05, 0.1) is 0 Å². The maximum absolute atomic E-state index is 2.36. The summed E-state index contributed by atoms with van der Waals surface area (Å²) in [7, 11) is 0. The molecule has 7 rings (SSSR count). The lowest BCUT2D eigenvalue weighted by molar-refractivity contribution is 0.940. The highest BCUT2D eigenvalue weighted by Gasteiger charge is 2.08. The minimum Gasteiger partial charge on any atom is -0.0622 e. The average Bonchev–Trinajstić information content (AvgIpc) is 3.15. The monoisotopic (exact) mass is 590 g/mol. The van der Waals surface area contributed by atoms with Crippen LogP contribution in [0.3, 0.4) is 0 Å². The molecule has 0 atom stereocenters. The Morgan fingerprint density at radius 1 is 0.196 bits per heavy atom. The van der Waals surface area contributed by atoms with Crippen LogP contribution in [0.15, 0.2) is 182 Å². The standard InChI is InChI=1S/C46H38/c1-5-13-39(14-6-1)43-29-37(30-44(33-43)40-15-7-2-8-16-40)27-25-35-21-23-36(24-22-35)26-28-38-31-45(41-17-9-3-10-18-41)34-46(32-38)42-19-11-4-12-20-42/h1-24,29-34H,25-28H2. The van der Waals surface area contributed by atoms with Crippen LogP contribution in [0.2, 0.25) is 0 Å². The van der Waals surface area contributed by atoms with Crippen LogP contribution in [0.4, 0.5) is 0 Å². The Morgan fingerprint density at radius 2 is 0.435 bits per heavy atom. The Hall–Kier alpha value is -5.46. The molecule has 0 bridgehead atoms. The van der Waals surface area contributed by atoms with Crippen molar-refractivity contribution in [1.29, 1.82) is 0 Å². The van der Waals surface area contributed by atoms with Crippen molar-refractivity contribution >= 4 is 0 Å². The summed E-state index contributed by atoms with van der Waals surface area (Å²) in [5.74, 6) is 0. The van der Waals surface area contributed by atoms with Crippen LogP contribution in [0, 0.1) is 0 Å². The highest BCUT2D eigenvalue weighted by molar-refractivity contribution is 5.75. The van der Waals surface area contributed by atoms with Gasteiger partial charge in [-0.2, -0.15) is 0 Å². The van der Waals surface area contributed by atoms with Gasteiger partial charge in [0, 0.05) is 0 Å². The van der Waals surface area contributed by atoms with Crippen molar-refractivity contribution in [3.05, 3.63) is 204 Å². The Morgan fingerprint density at radius 3 is 0.696 bits per heavy atom. The lowest BCUT2D eigenvalue weighted by Crippen LogP contribution is -1.96.